The normalized spacial score (nSPS) is 20.5. The van der Waals surface area contributed by atoms with E-state index in [0.717, 1.165) is 18.2 Å². The predicted octanol–water partition coefficient (Wildman–Crippen LogP) is 2.77. The molecule has 2 aromatic rings. The summed E-state index contributed by atoms with van der Waals surface area (Å²) in [5.74, 6) is -2.26. The Hall–Kier alpha value is -3.57. The van der Waals surface area contributed by atoms with Gasteiger partial charge in [0.05, 0.1) is 34.8 Å². The van der Waals surface area contributed by atoms with E-state index < -0.39 is 87.7 Å². The van der Waals surface area contributed by atoms with E-state index in [0.29, 0.717) is 22.5 Å². The van der Waals surface area contributed by atoms with Gasteiger partial charge in [0.25, 0.3) is 0 Å². The first-order valence-corrected chi connectivity index (χ1v) is 11.9. The van der Waals surface area contributed by atoms with E-state index in [1.54, 1.807) is 0 Å². The van der Waals surface area contributed by atoms with Crippen LogP contribution in [0.1, 0.15) is 16.7 Å². The Balaban J connectivity index is 1.85. The molecule has 0 amide bonds. The lowest BCUT2D eigenvalue weighted by Crippen LogP contribution is -2.44. The largest absolute Gasteiger partial charge is 0.573 e. The van der Waals surface area contributed by atoms with E-state index in [4.69, 9.17) is 10.00 Å². The number of sulfonamides is 1. The van der Waals surface area contributed by atoms with Crippen LogP contribution >= 0.6 is 0 Å². The molecule has 0 aromatic heterocycles. The number of nitrogens with zero attached hydrogens (tertiary/aromatic N) is 3. The van der Waals surface area contributed by atoms with Gasteiger partial charge in [0.2, 0.25) is 10.0 Å². The van der Waals surface area contributed by atoms with Gasteiger partial charge < -0.3 is 19.7 Å². The summed E-state index contributed by atoms with van der Waals surface area (Å²) in [5.41, 5.74) is -4.60. The molecule has 1 aliphatic rings. The van der Waals surface area contributed by atoms with Gasteiger partial charge >= 0.3 is 12.5 Å². The van der Waals surface area contributed by atoms with Crippen molar-refractivity contribution >= 4 is 10.0 Å². The third kappa shape index (κ3) is 6.11. The first-order chi connectivity index (χ1) is 17.5. The van der Waals surface area contributed by atoms with Crippen LogP contribution in [-0.4, -0.2) is 61.2 Å². The summed E-state index contributed by atoms with van der Waals surface area (Å²) in [7, 11) is -4.64. The maximum absolute atomic E-state index is 13.2. The van der Waals surface area contributed by atoms with Crippen molar-refractivity contribution in [2.75, 3.05) is 26.3 Å². The number of ether oxygens (including phenoxy) is 2. The smallest absolute Gasteiger partial charge is 0.493 e. The van der Waals surface area contributed by atoms with Crippen molar-refractivity contribution in [3.05, 3.63) is 53.1 Å². The summed E-state index contributed by atoms with van der Waals surface area (Å²) in [5, 5.41) is 38.8. The lowest BCUT2D eigenvalue weighted by Gasteiger charge is -2.26. The number of rotatable bonds is 7. The lowest BCUT2D eigenvalue weighted by molar-refractivity contribution is -0.274. The Morgan fingerprint density at radius 1 is 1.05 bits per heavy atom. The van der Waals surface area contributed by atoms with Crippen molar-refractivity contribution in [2.24, 2.45) is 5.92 Å². The number of aliphatic hydroxyl groups is 2. The Morgan fingerprint density at radius 2 is 1.71 bits per heavy atom. The molecule has 2 aromatic carbocycles. The van der Waals surface area contributed by atoms with Gasteiger partial charge in [-0.1, -0.05) is 0 Å². The number of benzene rings is 2. The SMILES string of the molecule is N#Cc1ccc(OC[C@H]2CN(S(=O)(=O)c3ccc(C(F)(F)F)cc3C#N)C[C@@]2(O)CO)cc1OC(F)(F)F. The molecule has 16 heteroatoms. The minimum atomic E-state index is -5.11. The van der Waals surface area contributed by atoms with Crippen LogP contribution in [0, 0.1) is 28.6 Å². The Labute approximate surface area is 211 Å². The zero-order chi connectivity index (χ0) is 28.5. The van der Waals surface area contributed by atoms with Gasteiger partial charge in [-0.3, -0.25) is 0 Å². The first-order valence-electron chi connectivity index (χ1n) is 10.4. The number of aliphatic hydroxyl groups excluding tert-OH is 1. The fourth-order valence-electron chi connectivity index (χ4n) is 3.73. The van der Waals surface area contributed by atoms with E-state index in [9.17, 15) is 50.2 Å². The molecule has 0 aliphatic carbocycles. The molecule has 0 saturated carbocycles. The van der Waals surface area contributed by atoms with Gasteiger partial charge in [-0.25, -0.2) is 8.42 Å². The first kappa shape index (κ1) is 29.0. The molecular formula is C22H17F6N3O6S. The molecule has 2 N–H and O–H groups in total. The van der Waals surface area contributed by atoms with Gasteiger partial charge in [0, 0.05) is 25.1 Å². The van der Waals surface area contributed by atoms with Crippen molar-refractivity contribution in [2.45, 2.75) is 23.0 Å². The lowest BCUT2D eigenvalue weighted by atomic mass is 9.92. The fraction of sp³-hybridized carbons (Fsp3) is 0.364. The maximum Gasteiger partial charge on any atom is 0.573 e. The van der Waals surface area contributed by atoms with E-state index in [1.165, 1.54) is 12.1 Å². The van der Waals surface area contributed by atoms with Crippen LogP contribution in [0.2, 0.25) is 0 Å². The molecular weight excluding hydrogens is 548 g/mol. The highest BCUT2D eigenvalue weighted by molar-refractivity contribution is 7.89. The summed E-state index contributed by atoms with van der Waals surface area (Å²) in [6.45, 7) is -2.74. The van der Waals surface area contributed by atoms with Crippen LogP contribution in [0.15, 0.2) is 41.3 Å². The monoisotopic (exact) mass is 565 g/mol. The summed E-state index contributed by atoms with van der Waals surface area (Å²) in [6, 6.07) is 7.24. The number of hydrogen-bond acceptors (Lipinski definition) is 8. The van der Waals surface area contributed by atoms with Crippen molar-refractivity contribution < 1.29 is 54.4 Å². The van der Waals surface area contributed by atoms with Crippen molar-refractivity contribution in [1.29, 1.82) is 10.5 Å². The molecule has 1 aliphatic heterocycles. The van der Waals surface area contributed by atoms with E-state index in [1.807, 2.05) is 0 Å². The second-order valence-corrected chi connectivity index (χ2v) is 10.1. The highest BCUT2D eigenvalue weighted by Gasteiger charge is 2.50. The molecule has 0 unspecified atom stereocenters. The number of β-amino-alcohol motifs (C(OH)–C–C–N with tert-alkyl or cyclic N) is 1. The van der Waals surface area contributed by atoms with Crippen molar-refractivity contribution in [1.82, 2.24) is 4.31 Å². The van der Waals surface area contributed by atoms with Gasteiger partial charge in [0.15, 0.2) is 5.75 Å². The standard InChI is InChI=1S/C22H17F6N3O6S/c23-21(24,25)15-2-4-19(14(5-15)8-30)38(34,35)31-9-16(20(33,11-31)12-32)10-36-17-3-1-13(7-29)18(6-17)37-22(26,27)28/h1-6,16,32-33H,9-12H2/t16-,20-/m1/s1. The quantitative estimate of drug-likeness (QED) is 0.488. The van der Waals surface area contributed by atoms with Gasteiger partial charge in [-0.2, -0.15) is 28.0 Å². The second kappa shape index (κ2) is 10.3. The van der Waals surface area contributed by atoms with Crippen LogP contribution < -0.4 is 9.47 Å². The van der Waals surface area contributed by atoms with Gasteiger partial charge in [-0.05, 0) is 30.3 Å². The van der Waals surface area contributed by atoms with Crippen molar-refractivity contribution in [3.63, 3.8) is 0 Å². The topological polar surface area (TPSA) is 144 Å². The van der Waals surface area contributed by atoms with Crippen molar-refractivity contribution in [3.8, 4) is 23.6 Å². The Kier molecular flexibility index (Phi) is 7.86. The average molecular weight is 565 g/mol. The molecule has 0 bridgehead atoms. The van der Waals surface area contributed by atoms with E-state index in [2.05, 4.69) is 4.74 Å². The minimum Gasteiger partial charge on any atom is -0.493 e. The van der Waals surface area contributed by atoms with Crippen LogP contribution in [0.4, 0.5) is 26.3 Å². The van der Waals surface area contributed by atoms with Crippen LogP contribution in [0.3, 0.4) is 0 Å². The molecule has 38 heavy (non-hydrogen) atoms. The molecule has 1 saturated heterocycles. The molecule has 9 nitrogen and oxygen atoms in total. The molecule has 1 fully saturated rings. The van der Waals surface area contributed by atoms with E-state index in [-0.39, 0.29) is 5.75 Å². The highest BCUT2D eigenvalue weighted by atomic mass is 32.2. The number of nitriles is 2. The van der Waals surface area contributed by atoms with Gasteiger partial charge in [-0.15, -0.1) is 13.2 Å². The average Bonchev–Trinajstić information content (AvgIpc) is 3.18. The van der Waals surface area contributed by atoms with Crippen LogP contribution in [-0.2, 0) is 16.2 Å². The second-order valence-electron chi connectivity index (χ2n) is 8.21. The maximum atomic E-state index is 13.2. The predicted molar refractivity (Wildman–Crippen MR) is 114 cm³/mol. The summed E-state index contributed by atoms with van der Waals surface area (Å²) in [6.07, 6.45) is -9.94. The third-order valence-electron chi connectivity index (χ3n) is 5.70. The number of hydrogen-bond donors (Lipinski definition) is 2. The Bertz CT molecular complexity index is 1400. The summed E-state index contributed by atoms with van der Waals surface area (Å²) >= 11 is 0. The molecule has 0 radical (unpaired) electrons. The number of halogens is 6. The Morgan fingerprint density at radius 3 is 2.26 bits per heavy atom. The molecule has 0 spiro atoms. The summed E-state index contributed by atoms with van der Waals surface area (Å²) < 4.78 is 113. The fourth-order valence-corrected chi connectivity index (χ4v) is 5.40. The van der Waals surface area contributed by atoms with Gasteiger partial charge in [0.1, 0.15) is 23.5 Å². The molecule has 204 valence electrons. The zero-order valence-corrected chi connectivity index (χ0v) is 19.7. The molecule has 3 rings (SSSR count). The zero-order valence-electron chi connectivity index (χ0n) is 18.9. The molecule has 1 heterocycles. The molecule has 2 atom stereocenters. The number of alkyl halides is 6. The van der Waals surface area contributed by atoms with Crippen LogP contribution in [0.5, 0.6) is 11.5 Å². The third-order valence-corrected chi connectivity index (χ3v) is 7.57. The summed E-state index contributed by atoms with van der Waals surface area (Å²) in [4.78, 5) is -0.754. The van der Waals surface area contributed by atoms with E-state index >= 15 is 0 Å². The van der Waals surface area contributed by atoms with Crippen LogP contribution in [0.25, 0.3) is 0 Å². The highest BCUT2D eigenvalue weighted by Crippen LogP contribution is 2.36. The minimum absolute atomic E-state index is 0.237.